The Kier molecular flexibility index (Phi) is 4.00. The highest BCUT2D eigenvalue weighted by Gasteiger charge is 2.26. The Bertz CT molecular complexity index is 840. The number of ether oxygens (including phenoxy) is 1. The number of carbonyl (C=O) groups excluding carboxylic acids is 1. The van der Waals surface area contributed by atoms with E-state index in [0.717, 1.165) is 24.2 Å². The van der Waals surface area contributed by atoms with Crippen molar-refractivity contribution in [2.45, 2.75) is 25.4 Å². The van der Waals surface area contributed by atoms with E-state index in [-0.39, 0.29) is 5.91 Å². The van der Waals surface area contributed by atoms with Gasteiger partial charge in [0.1, 0.15) is 12.4 Å². The number of aromatic amines is 1. The Labute approximate surface area is 142 Å². The van der Waals surface area contributed by atoms with Crippen LogP contribution in [0.4, 0.5) is 5.69 Å². The molecule has 2 heterocycles. The summed E-state index contributed by atoms with van der Waals surface area (Å²) in [4.78, 5) is 16.6. The number of hydrogen-bond acceptors (Lipinski definition) is 5. The molecule has 0 bridgehead atoms. The largest absolute Gasteiger partial charge is 0.485 e. The van der Waals surface area contributed by atoms with Gasteiger partial charge in [-0.2, -0.15) is 5.10 Å². The maximum absolute atomic E-state index is 12.4. The lowest BCUT2D eigenvalue weighted by molar-refractivity contribution is 0.102. The van der Waals surface area contributed by atoms with Gasteiger partial charge in [-0.3, -0.25) is 9.89 Å². The third-order valence-corrected chi connectivity index (χ3v) is 4.48. The van der Waals surface area contributed by atoms with Gasteiger partial charge < -0.3 is 10.1 Å². The smallest absolute Gasteiger partial charge is 0.276 e. The van der Waals surface area contributed by atoms with Crippen LogP contribution in [0.2, 0.25) is 0 Å². The van der Waals surface area contributed by atoms with E-state index in [0.29, 0.717) is 29.7 Å². The van der Waals surface area contributed by atoms with E-state index in [1.54, 1.807) is 5.51 Å². The number of carbonyl (C=O) groups is 1. The summed E-state index contributed by atoms with van der Waals surface area (Å²) < 4.78 is 5.77. The van der Waals surface area contributed by atoms with Crippen LogP contribution in [0.1, 0.15) is 40.6 Å². The van der Waals surface area contributed by atoms with Gasteiger partial charge in [0, 0.05) is 17.0 Å². The minimum absolute atomic E-state index is 0.247. The molecule has 0 radical (unpaired) electrons. The van der Waals surface area contributed by atoms with Gasteiger partial charge in [0.05, 0.1) is 16.9 Å². The van der Waals surface area contributed by atoms with Crippen molar-refractivity contribution in [3.63, 3.8) is 0 Å². The molecule has 24 heavy (non-hydrogen) atoms. The number of thiazole rings is 1. The third-order valence-electron chi connectivity index (χ3n) is 3.84. The first-order valence-electron chi connectivity index (χ1n) is 7.75. The van der Waals surface area contributed by atoms with Crippen LogP contribution in [-0.2, 0) is 6.61 Å². The molecule has 1 aliphatic rings. The second kappa shape index (κ2) is 6.45. The summed E-state index contributed by atoms with van der Waals surface area (Å²) in [6.07, 6.45) is 2.33. The number of nitrogens with zero attached hydrogens (tertiary/aromatic N) is 2. The minimum atomic E-state index is -0.247. The summed E-state index contributed by atoms with van der Waals surface area (Å²) in [7, 11) is 0. The van der Waals surface area contributed by atoms with E-state index in [1.807, 2.05) is 35.7 Å². The third kappa shape index (κ3) is 3.30. The van der Waals surface area contributed by atoms with Crippen molar-refractivity contribution in [3.05, 3.63) is 58.3 Å². The standard InChI is InChI=1S/C17H16N4O2S/c22-17(15-7-14(20-21-15)11-5-6-11)19-13-3-1-2-4-16(13)23-8-12-9-24-10-18-12/h1-4,7,9-11H,5-6,8H2,(H,19,22)(H,20,21). The van der Waals surface area contributed by atoms with Gasteiger partial charge in [0.25, 0.3) is 5.91 Å². The molecule has 1 saturated carbocycles. The molecule has 0 aliphatic heterocycles. The van der Waals surface area contributed by atoms with Gasteiger partial charge in [-0.1, -0.05) is 12.1 Å². The first-order valence-corrected chi connectivity index (χ1v) is 8.69. The molecule has 1 aromatic carbocycles. The number of rotatable bonds is 6. The molecule has 3 aromatic rings. The Balaban J connectivity index is 1.45. The second-order valence-corrected chi connectivity index (χ2v) is 6.42. The zero-order valence-corrected chi connectivity index (χ0v) is 13.7. The van der Waals surface area contributed by atoms with E-state index >= 15 is 0 Å². The maximum atomic E-state index is 12.4. The molecule has 0 saturated heterocycles. The summed E-state index contributed by atoms with van der Waals surface area (Å²) in [5.41, 5.74) is 4.68. The van der Waals surface area contributed by atoms with Crippen molar-refractivity contribution in [3.8, 4) is 5.75 Å². The molecule has 4 rings (SSSR count). The SMILES string of the molecule is O=C(Nc1ccccc1OCc1cscn1)c1cc(C2CC2)[nH]n1. The Morgan fingerprint density at radius 1 is 1.38 bits per heavy atom. The number of H-pyrrole nitrogens is 1. The van der Waals surface area contributed by atoms with Crippen LogP contribution >= 0.6 is 11.3 Å². The van der Waals surface area contributed by atoms with E-state index in [2.05, 4.69) is 20.5 Å². The van der Waals surface area contributed by atoms with Crippen molar-refractivity contribution >= 4 is 22.9 Å². The number of hydrogen-bond donors (Lipinski definition) is 2. The average Bonchev–Trinajstić information content (AvgIpc) is 3.12. The predicted octanol–water partition coefficient (Wildman–Crippen LogP) is 3.57. The highest BCUT2D eigenvalue weighted by molar-refractivity contribution is 7.07. The van der Waals surface area contributed by atoms with Crippen molar-refractivity contribution in [1.82, 2.24) is 15.2 Å². The van der Waals surface area contributed by atoms with E-state index < -0.39 is 0 Å². The van der Waals surface area contributed by atoms with Gasteiger partial charge in [0.2, 0.25) is 0 Å². The molecule has 122 valence electrons. The van der Waals surface area contributed by atoms with Crippen LogP contribution in [0.25, 0.3) is 0 Å². The molecule has 0 atom stereocenters. The molecule has 1 amide bonds. The summed E-state index contributed by atoms with van der Waals surface area (Å²) in [6.45, 7) is 0.366. The number of para-hydroxylation sites is 2. The van der Waals surface area contributed by atoms with Crippen molar-refractivity contribution in [2.75, 3.05) is 5.32 Å². The molecule has 6 nitrogen and oxygen atoms in total. The Hall–Kier alpha value is -2.67. The lowest BCUT2D eigenvalue weighted by atomic mass is 10.2. The molecular weight excluding hydrogens is 324 g/mol. The topological polar surface area (TPSA) is 79.9 Å². The average molecular weight is 340 g/mol. The lowest BCUT2D eigenvalue weighted by Gasteiger charge is -2.11. The number of nitrogens with one attached hydrogen (secondary N) is 2. The van der Waals surface area contributed by atoms with Crippen LogP contribution in [0.3, 0.4) is 0 Å². The molecular formula is C17H16N4O2S. The predicted molar refractivity (Wildman–Crippen MR) is 91.4 cm³/mol. The zero-order chi connectivity index (χ0) is 16.4. The zero-order valence-electron chi connectivity index (χ0n) is 12.9. The van der Waals surface area contributed by atoms with E-state index in [4.69, 9.17) is 4.74 Å². The fourth-order valence-corrected chi connectivity index (χ4v) is 2.94. The monoisotopic (exact) mass is 340 g/mol. The Morgan fingerprint density at radius 3 is 3.04 bits per heavy atom. The van der Waals surface area contributed by atoms with Gasteiger partial charge in [0.15, 0.2) is 5.69 Å². The van der Waals surface area contributed by atoms with E-state index in [9.17, 15) is 4.79 Å². The van der Waals surface area contributed by atoms with Crippen LogP contribution in [0, 0.1) is 0 Å². The molecule has 7 heteroatoms. The Morgan fingerprint density at radius 2 is 2.25 bits per heavy atom. The van der Waals surface area contributed by atoms with Crippen molar-refractivity contribution < 1.29 is 9.53 Å². The van der Waals surface area contributed by atoms with Crippen molar-refractivity contribution in [1.29, 1.82) is 0 Å². The molecule has 2 N–H and O–H groups in total. The first-order chi connectivity index (χ1) is 11.8. The minimum Gasteiger partial charge on any atom is -0.485 e. The molecule has 2 aromatic heterocycles. The lowest BCUT2D eigenvalue weighted by Crippen LogP contribution is -2.13. The van der Waals surface area contributed by atoms with Crippen LogP contribution in [0.5, 0.6) is 5.75 Å². The number of amides is 1. The maximum Gasteiger partial charge on any atom is 0.276 e. The molecule has 0 unspecified atom stereocenters. The quantitative estimate of drug-likeness (QED) is 0.719. The highest BCUT2D eigenvalue weighted by atomic mass is 32.1. The van der Waals surface area contributed by atoms with Gasteiger partial charge in [-0.15, -0.1) is 11.3 Å². The molecule has 1 aliphatic carbocycles. The number of anilines is 1. The van der Waals surface area contributed by atoms with Crippen molar-refractivity contribution in [2.24, 2.45) is 0 Å². The first kappa shape index (κ1) is 14.9. The molecule has 0 spiro atoms. The second-order valence-electron chi connectivity index (χ2n) is 5.70. The summed E-state index contributed by atoms with van der Waals surface area (Å²) >= 11 is 1.52. The van der Waals surface area contributed by atoms with E-state index in [1.165, 1.54) is 11.3 Å². The summed E-state index contributed by atoms with van der Waals surface area (Å²) in [5.74, 6) is 0.896. The highest BCUT2D eigenvalue weighted by Crippen LogP contribution is 2.39. The van der Waals surface area contributed by atoms with Crippen LogP contribution in [0.15, 0.2) is 41.2 Å². The fourth-order valence-electron chi connectivity index (χ4n) is 2.40. The van der Waals surface area contributed by atoms with Gasteiger partial charge in [-0.05, 0) is 31.0 Å². The molecule has 1 fully saturated rings. The number of aromatic nitrogens is 3. The normalized spacial score (nSPS) is 13.7. The van der Waals surface area contributed by atoms with Gasteiger partial charge >= 0.3 is 0 Å². The summed E-state index contributed by atoms with van der Waals surface area (Å²) in [5, 5.41) is 11.8. The number of benzene rings is 1. The van der Waals surface area contributed by atoms with Gasteiger partial charge in [-0.25, -0.2) is 4.98 Å². The van der Waals surface area contributed by atoms with Crippen LogP contribution < -0.4 is 10.1 Å². The fraction of sp³-hybridized carbons (Fsp3) is 0.235. The summed E-state index contributed by atoms with van der Waals surface area (Å²) in [6, 6.07) is 9.17. The van der Waals surface area contributed by atoms with Crippen LogP contribution in [-0.4, -0.2) is 21.1 Å².